The lowest BCUT2D eigenvalue weighted by atomic mass is 10.2. The second kappa shape index (κ2) is 9.75. The average Bonchev–Trinajstić information content (AvgIpc) is 3.25. The van der Waals surface area contributed by atoms with Gasteiger partial charge in [-0.1, -0.05) is 18.2 Å². The van der Waals surface area contributed by atoms with Crippen molar-refractivity contribution >= 4 is 23.2 Å². The van der Waals surface area contributed by atoms with Crippen LogP contribution in [-0.4, -0.2) is 37.6 Å². The molecule has 30 heavy (non-hydrogen) atoms. The fraction of sp³-hybridized carbons (Fsp3) is 0.190. The van der Waals surface area contributed by atoms with Crippen molar-refractivity contribution in [3.05, 3.63) is 59.1 Å². The number of hydrogen-bond acceptors (Lipinski definition) is 7. The molecular formula is C21H21N3O5S. The van der Waals surface area contributed by atoms with E-state index in [0.717, 1.165) is 5.56 Å². The Kier molecular flexibility index (Phi) is 6.87. The summed E-state index contributed by atoms with van der Waals surface area (Å²) in [6, 6.07) is 12.7. The van der Waals surface area contributed by atoms with Gasteiger partial charge in [-0.05, 0) is 36.8 Å². The Labute approximate surface area is 177 Å². The number of amides is 2. The van der Waals surface area contributed by atoms with Crippen LogP contribution in [0.2, 0.25) is 0 Å². The maximum absolute atomic E-state index is 12.3. The number of aromatic nitrogens is 1. The van der Waals surface area contributed by atoms with Gasteiger partial charge in [-0.2, -0.15) is 0 Å². The monoisotopic (exact) mass is 427 g/mol. The lowest BCUT2D eigenvalue weighted by Gasteiger charge is -2.10. The predicted octanol–water partition coefficient (Wildman–Crippen LogP) is 2.98. The number of para-hydroxylation sites is 1. The summed E-state index contributed by atoms with van der Waals surface area (Å²) in [5, 5.41) is 2.18. The first-order valence-electron chi connectivity index (χ1n) is 8.97. The van der Waals surface area contributed by atoms with Gasteiger partial charge in [0.2, 0.25) is 0 Å². The molecular weight excluding hydrogens is 406 g/mol. The highest BCUT2D eigenvalue weighted by molar-refractivity contribution is 7.13. The van der Waals surface area contributed by atoms with Gasteiger partial charge in [0.25, 0.3) is 11.8 Å². The smallest absolute Gasteiger partial charge is 0.289 e. The number of hydrogen-bond donors (Lipinski definition) is 2. The van der Waals surface area contributed by atoms with E-state index >= 15 is 0 Å². The molecule has 2 amide bonds. The van der Waals surface area contributed by atoms with Crippen molar-refractivity contribution in [1.82, 2.24) is 15.8 Å². The van der Waals surface area contributed by atoms with Crippen LogP contribution in [0.25, 0.3) is 10.6 Å². The molecule has 3 rings (SSSR count). The summed E-state index contributed by atoms with van der Waals surface area (Å²) in [6.45, 7) is 1.70. The van der Waals surface area contributed by atoms with E-state index in [9.17, 15) is 9.59 Å². The van der Waals surface area contributed by atoms with Gasteiger partial charge >= 0.3 is 0 Å². The molecule has 0 atom stereocenters. The Balaban J connectivity index is 1.58. The molecule has 0 spiro atoms. The fourth-order valence-corrected chi connectivity index (χ4v) is 3.46. The normalized spacial score (nSPS) is 10.2. The van der Waals surface area contributed by atoms with E-state index in [0.29, 0.717) is 27.8 Å². The molecule has 2 aromatic carbocycles. The molecule has 0 radical (unpaired) electrons. The molecule has 0 saturated heterocycles. The topological polar surface area (TPSA) is 98.8 Å². The van der Waals surface area contributed by atoms with Crippen molar-refractivity contribution in [3.63, 3.8) is 0 Å². The molecule has 8 nitrogen and oxygen atoms in total. The highest BCUT2D eigenvalue weighted by Crippen LogP contribution is 2.38. The molecule has 9 heteroatoms. The zero-order chi connectivity index (χ0) is 21.5. The minimum Gasteiger partial charge on any atom is -0.493 e. The molecule has 0 bridgehead atoms. The first-order valence-corrected chi connectivity index (χ1v) is 9.85. The summed E-state index contributed by atoms with van der Waals surface area (Å²) in [7, 11) is 3.09. The Morgan fingerprint density at radius 1 is 1.07 bits per heavy atom. The van der Waals surface area contributed by atoms with E-state index in [1.54, 1.807) is 24.6 Å². The predicted molar refractivity (Wildman–Crippen MR) is 113 cm³/mol. The van der Waals surface area contributed by atoms with E-state index in [1.807, 2.05) is 37.3 Å². The van der Waals surface area contributed by atoms with Crippen LogP contribution in [0.5, 0.6) is 17.2 Å². The van der Waals surface area contributed by atoms with Gasteiger partial charge in [0.15, 0.2) is 18.1 Å². The molecule has 2 N–H and O–H groups in total. The molecule has 0 aliphatic carbocycles. The summed E-state index contributed by atoms with van der Waals surface area (Å²) in [4.78, 5) is 28.6. The van der Waals surface area contributed by atoms with Gasteiger partial charge in [0, 0.05) is 5.38 Å². The van der Waals surface area contributed by atoms with E-state index < -0.39 is 11.8 Å². The number of thiazole rings is 1. The first-order chi connectivity index (χ1) is 14.5. The zero-order valence-electron chi connectivity index (χ0n) is 16.7. The number of hydrazine groups is 1. The number of carbonyl (C=O) groups is 2. The fourth-order valence-electron chi connectivity index (χ4n) is 2.64. The van der Waals surface area contributed by atoms with Gasteiger partial charge in [0.05, 0.1) is 19.8 Å². The van der Waals surface area contributed by atoms with Crippen molar-refractivity contribution in [2.24, 2.45) is 0 Å². The lowest BCUT2D eigenvalue weighted by molar-refractivity contribution is -0.123. The summed E-state index contributed by atoms with van der Waals surface area (Å²) in [5.41, 5.74) is 6.54. The van der Waals surface area contributed by atoms with Crippen LogP contribution in [0.15, 0.2) is 47.8 Å². The number of ether oxygens (including phenoxy) is 3. The first kappa shape index (κ1) is 21.1. The maximum atomic E-state index is 12.3. The van der Waals surface area contributed by atoms with E-state index in [1.165, 1.54) is 18.4 Å². The number of methoxy groups -OCH3 is 2. The number of benzene rings is 2. The van der Waals surface area contributed by atoms with Crippen LogP contribution < -0.4 is 25.1 Å². The van der Waals surface area contributed by atoms with Crippen molar-refractivity contribution < 1.29 is 23.8 Å². The van der Waals surface area contributed by atoms with Gasteiger partial charge in [-0.25, -0.2) is 4.98 Å². The van der Waals surface area contributed by atoms with Crippen molar-refractivity contribution in [1.29, 1.82) is 0 Å². The summed E-state index contributed by atoms with van der Waals surface area (Å²) in [5.74, 6) is 0.644. The van der Waals surface area contributed by atoms with Gasteiger partial charge in [-0.15, -0.1) is 11.3 Å². The minimum atomic E-state index is -0.539. The zero-order valence-corrected chi connectivity index (χ0v) is 17.5. The minimum absolute atomic E-state index is 0.166. The third-order valence-corrected chi connectivity index (χ3v) is 4.92. The van der Waals surface area contributed by atoms with Crippen LogP contribution in [0, 0.1) is 6.92 Å². The Morgan fingerprint density at radius 2 is 1.87 bits per heavy atom. The molecule has 0 aliphatic heterocycles. The van der Waals surface area contributed by atoms with Crippen LogP contribution >= 0.6 is 11.3 Å². The van der Waals surface area contributed by atoms with E-state index in [2.05, 4.69) is 15.8 Å². The molecule has 1 aromatic heterocycles. The van der Waals surface area contributed by atoms with E-state index in [-0.39, 0.29) is 12.3 Å². The Hall–Kier alpha value is -3.59. The highest BCUT2D eigenvalue weighted by atomic mass is 32.1. The lowest BCUT2D eigenvalue weighted by Crippen LogP contribution is -2.43. The van der Waals surface area contributed by atoms with Crippen LogP contribution in [0.1, 0.15) is 16.1 Å². The number of aryl methyl sites for hydroxylation is 1. The van der Waals surface area contributed by atoms with Crippen LogP contribution in [0.4, 0.5) is 0 Å². The van der Waals surface area contributed by atoms with Crippen molar-refractivity contribution in [3.8, 4) is 27.8 Å². The van der Waals surface area contributed by atoms with Gasteiger partial charge in [-0.3, -0.25) is 20.4 Å². The van der Waals surface area contributed by atoms with Crippen LogP contribution in [-0.2, 0) is 4.79 Å². The molecule has 1 heterocycles. The number of nitrogens with one attached hydrogen (secondary N) is 2. The molecule has 0 aliphatic rings. The number of rotatable bonds is 7. The van der Waals surface area contributed by atoms with E-state index in [4.69, 9.17) is 14.2 Å². The average molecular weight is 427 g/mol. The standard InChI is InChI=1S/C21H21N3O5S/c1-13-6-4-7-14(10-13)29-11-18(25)23-24-20(26)16-12-30-21(22-16)15-8-5-9-17(27-2)19(15)28-3/h4-10,12H,11H2,1-3H3,(H,23,25)(H,24,26). The quantitative estimate of drug-likeness (QED) is 0.563. The largest absolute Gasteiger partial charge is 0.493 e. The number of carbonyl (C=O) groups excluding carboxylic acids is 2. The Morgan fingerprint density at radius 3 is 2.60 bits per heavy atom. The summed E-state index contributed by atoms with van der Waals surface area (Å²) in [6.07, 6.45) is 0. The molecule has 3 aromatic rings. The number of nitrogens with zero attached hydrogens (tertiary/aromatic N) is 1. The van der Waals surface area contributed by atoms with Gasteiger partial charge < -0.3 is 14.2 Å². The van der Waals surface area contributed by atoms with Crippen LogP contribution in [0.3, 0.4) is 0 Å². The van der Waals surface area contributed by atoms with Crippen molar-refractivity contribution in [2.75, 3.05) is 20.8 Å². The van der Waals surface area contributed by atoms with Gasteiger partial charge in [0.1, 0.15) is 16.5 Å². The maximum Gasteiger partial charge on any atom is 0.289 e. The Bertz CT molecular complexity index is 1050. The molecule has 0 unspecified atom stereocenters. The molecule has 0 fully saturated rings. The molecule has 156 valence electrons. The van der Waals surface area contributed by atoms with Crippen molar-refractivity contribution in [2.45, 2.75) is 6.92 Å². The SMILES string of the molecule is COc1cccc(-c2nc(C(=O)NNC(=O)COc3cccc(C)c3)cs2)c1OC. The molecule has 0 saturated carbocycles. The second-order valence-corrected chi connectivity index (χ2v) is 7.04. The summed E-state index contributed by atoms with van der Waals surface area (Å²) < 4.78 is 16.1. The summed E-state index contributed by atoms with van der Waals surface area (Å²) >= 11 is 1.28. The third-order valence-electron chi connectivity index (χ3n) is 4.05. The second-order valence-electron chi connectivity index (χ2n) is 6.19. The third kappa shape index (κ3) is 5.06. The highest BCUT2D eigenvalue weighted by Gasteiger charge is 2.17.